The van der Waals surface area contributed by atoms with Gasteiger partial charge in [0.15, 0.2) is 6.10 Å². The Bertz CT molecular complexity index is 1650. The molecule has 0 aliphatic rings. The SMILES string of the molecule is CC/C=C\C/C=C\C/C=C\C/C=C\C/C=C\C/C=C\CCCCCCCCCCCCCCCCC(=O)OCC(COC(=O)CCCCCCCCCCCCCC)OC(=O)CCCCCC/C=C\C/C=C\C/C=C\C/C=C\CC. The van der Waals surface area contributed by atoms with Crippen molar-refractivity contribution >= 4 is 17.9 Å². The molecule has 0 N–H and O–H groups in total. The normalized spacial score (nSPS) is 12.9. The number of carbonyl (C=O) groups excluding carboxylic acids is 3. The van der Waals surface area contributed by atoms with Crippen LogP contribution in [0.5, 0.6) is 0 Å². The summed E-state index contributed by atoms with van der Waals surface area (Å²) in [5.74, 6) is -0.902. The first-order valence-electron chi connectivity index (χ1n) is 33.5. The minimum atomic E-state index is -0.792. The third kappa shape index (κ3) is 64.6. The fourth-order valence-electron chi connectivity index (χ4n) is 9.26. The average Bonchev–Trinajstić information content (AvgIpc) is 3.46. The van der Waals surface area contributed by atoms with Gasteiger partial charge >= 0.3 is 17.9 Å². The lowest BCUT2D eigenvalue weighted by Crippen LogP contribution is -2.30. The Morgan fingerprint density at radius 2 is 0.487 bits per heavy atom. The van der Waals surface area contributed by atoms with Crippen molar-refractivity contribution in [3.8, 4) is 0 Å². The zero-order valence-corrected chi connectivity index (χ0v) is 52.3. The first kappa shape index (κ1) is 75.8. The lowest BCUT2D eigenvalue weighted by molar-refractivity contribution is -0.167. The summed E-state index contributed by atoms with van der Waals surface area (Å²) in [5.41, 5.74) is 0. The first-order chi connectivity index (χ1) is 39.5. The van der Waals surface area contributed by atoms with Gasteiger partial charge in [-0.1, -0.05) is 303 Å². The number of unbranched alkanes of at least 4 members (excludes halogenated alkanes) is 29. The molecule has 0 radical (unpaired) electrons. The Morgan fingerprint density at radius 1 is 0.263 bits per heavy atom. The van der Waals surface area contributed by atoms with E-state index in [0.717, 1.165) is 135 Å². The quantitative estimate of drug-likeness (QED) is 0.0261. The molecule has 0 saturated carbocycles. The second-order valence-corrected chi connectivity index (χ2v) is 22.0. The van der Waals surface area contributed by atoms with Crippen LogP contribution in [-0.4, -0.2) is 37.2 Å². The van der Waals surface area contributed by atoms with Crippen LogP contribution in [0, 0.1) is 0 Å². The molecule has 0 aromatic rings. The summed E-state index contributed by atoms with van der Waals surface area (Å²) in [6.45, 7) is 6.41. The van der Waals surface area contributed by atoms with Gasteiger partial charge in [0.2, 0.25) is 0 Å². The van der Waals surface area contributed by atoms with E-state index in [1.807, 2.05) is 0 Å². The molecule has 456 valence electrons. The molecule has 0 rings (SSSR count). The highest BCUT2D eigenvalue weighted by Gasteiger charge is 2.19. The van der Waals surface area contributed by atoms with Gasteiger partial charge in [0.25, 0.3) is 0 Å². The third-order valence-corrected chi connectivity index (χ3v) is 14.2. The van der Waals surface area contributed by atoms with Crippen LogP contribution in [-0.2, 0) is 28.6 Å². The van der Waals surface area contributed by atoms with E-state index in [-0.39, 0.29) is 31.1 Å². The Balaban J connectivity index is 4.21. The van der Waals surface area contributed by atoms with Crippen molar-refractivity contribution in [2.45, 2.75) is 316 Å². The number of rotatable bonds is 60. The van der Waals surface area contributed by atoms with E-state index in [2.05, 4.69) is 142 Å². The van der Waals surface area contributed by atoms with Crippen molar-refractivity contribution in [3.63, 3.8) is 0 Å². The average molecular weight is 1110 g/mol. The molecule has 6 nitrogen and oxygen atoms in total. The van der Waals surface area contributed by atoms with Gasteiger partial charge < -0.3 is 14.2 Å². The largest absolute Gasteiger partial charge is 0.462 e. The maximum Gasteiger partial charge on any atom is 0.306 e. The summed E-state index contributed by atoms with van der Waals surface area (Å²) >= 11 is 0. The topological polar surface area (TPSA) is 78.9 Å². The molecule has 0 aromatic carbocycles. The summed E-state index contributed by atoms with van der Waals surface area (Å²) in [7, 11) is 0. The van der Waals surface area contributed by atoms with Gasteiger partial charge in [-0.05, 0) is 109 Å². The van der Waals surface area contributed by atoms with Crippen LogP contribution in [0.15, 0.2) is 122 Å². The number of ether oxygens (including phenoxy) is 3. The Kier molecular flexibility index (Phi) is 63.8. The molecule has 1 atom stereocenters. The first-order valence-corrected chi connectivity index (χ1v) is 33.5. The van der Waals surface area contributed by atoms with Crippen LogP contribution in [0.1, 0.15) is 310 Å². The van der Waals surface area contributed by atoms with Gasteiger partial charge in [-0.3, -0.25) is 14.4 Å². The van der Waals surface area contributed by atoms with Gasteiger partial charge in [0.1, 0.15) is 13.2 Å². The molecule has 0 aliphatic heterocycles. The van der Waals surface area contributed by atoms with Crippen LogP contribution in [0.25, 0.3) is 0 Å². The summed E-state index contributed by atoms with van der Waals surface area (Å²) in [5, 5.41) is 0. The van der Waals surface area contributed by atoms with E-state index in [1.165, 1.54) is 135 Å². The fourth-order valence-corrected chi connectivity index (χ4v) is 9.26. The van der Waals surface area contributed by atoms with Crippen molar-refractivity contribution < 1.29 is 28.6 Å². The van der Waals surface area contributed by atoms with Crippen LogP contribution in [0.4, 0.5) is 0 Å². The van der Waals surface area contributed by atoms with Gasteiger partial charge in [0.05, 0.1) is 0 Å². The molecule has 1 unspecified atom stereocenters. The minimum Gasteiger partial charge on any atom is -0.462 e. The lowest BCUT2D eigenvalue weighted by atomic mass is 10.0. The predicted molar refractivity (Wildman–Crippen MR) is 348 cm³/mol. The second kappa shape index (κ2) is 67.3. The number of esters is 3. The van der Waals surface area contributed by atoms with Gasteiger partial charge in [-0.15, -0.1) is 0 Å². The van der Waals surface area contributed by atoms with Crippen molar-refractivity contribution in [1.82, 2.24) is 0 Å². The van der Waals surface area contributed by atoms with Crippen molar-refractivity contribution in [2.24, 2.45) is 0 Å². The molecule has 6 heteroatoms. The predicted octanol–water partition coefficient (Wildman–Crippen LogP) is 23.2. The van der Waals surface area contributed by atoms with Crippen LogP contribution in [0.2, 0.25) is 0 Å². The Labute approximate surface area is 494 Å². The Hall–Kier alpha value is -4.19. The van der Waals surface area contributed by atoms with Crippen molar-refractivity contribution in [1.29, 1.82) is 0 Å². The molecule has 0 spiro atoms. The highest BCUT2D eigenvalue weighted by Crippen LogP contribution is 2.16. The number of allylic oxidation sites excluding steroid dienone is 20. The number of hydrogen-bond acceptors (Lipinski definition) is 6. The molecular weight excluding hydrogens is 985 g/mol. The minimum absolute atomic E-state index is 0.0860. The fraction of sp³-hybridized carbons (Fsp3) is 0.689. The summed E-state index contributed by atoms with van der Waals surface area (Å²) < 4.78 is 16.9. The second-order valence-electron chi connectivity index (χ2n) is 22.0. The lowest BCUT2D eigenvalue weighted by Gasteiger charge is -2.18. The number of carbonyl (C=O) groups is 3. The van der Waals surface area contributed by atoms with Crippen LogP contribution < -0.4 is 0 Å². The smallest absolute Gasteiger partial charge is 0.306 e. The molecule has 0 aromatic heterocycles. The third-order valence-electron chi connectivity index (χ3n) is 14.2. The van der Waals surface area contributed by atoms with Gasteiger partial charge in [-0.25, -0.2) is 0 Å². The standard InChI is InChI=1S/C74H124O6/c1-4-7-10-13-16-19-22-25-27-29-30-31-32-33-34-35-36-37-38-39-40-41-42-43-44-46-47-49-52-55-58-61-64-67-73(76)79-70-71(69-78-72(75)66-63-60-57-54-51-24-21-18-15-12-9-6-3)80-74(77)68-65-62-59-56-53-50-48-45-28-26-23-20-17-14-11-8-5-2/h7-8,10-11,16-17,19-20,25-28,30-31,33-34,36-37,48,50,71H,4-6,9,12-15,18,21-24,29,32,35,38-47,49,51-70H2,1-3H3/b10-7-,11-8-,19-16-,20-17-,27-25-,28-26-,31-30-,34-33-,37-36-,50-48-. The monoisotopic (exact) mass is 1110 g/mol. The summed E-state index contributed by atoms with van der Waals surface area (Å²) in [4.78, 5) is 38.3. The molecule has 0 bridgehead atoms. The maximum absolute atomic E-state index is 12.9. The molecule has 0 aliphatic carbocycles. The van der Waals surface area contributed by atoms with E-state index in [4.69, 9.17) is 14.2 Å². The molecule has 80 heavy (non-hydrogen) atoms. The van der Waals surface area contributed by atoms with E-state index in [9.17, 15) is 14.4 Å². The number of hydrogen-bond donors (Lipinski definition) is 0. The van der Waals surface area contributed by atoms with E-state index in [1.54, 1.807) is 0 Å². The molecule has 0 amide bonds. The van der Waals surface area contributed by atoms with E-state index < -0.39 is 6.10 Å². The van der Waals surface area contributed by atoms with Gasteiger partial charge in [0, 0.05) is 19.3 Å². The molecular formula is C74H124O6. The van der Waals surface area contributed by atoms with Crippen LogP contribution in [0.3, 0.4) is 0 Å². The zero-order valence-electron chi connectivity index (χ0n) is 52.3. The molecule has 0 saturated heterocycles. The van der Waals surface area contributed by atoms with Gasteiger partial charge in [-0.2, -0.15) is 0 Å². The van der Waals surface area contributed by atoms with E-state index in [0.29, 0.717) is 19.3 Å². The highest BCUT2D eigenvalue weighted by molar-refractivity contribution is 5.71. The maximum atomic E-state index is 12.9. The molecule has 0 heterocycles. The van der Waals surface area contributed by atoms with Crippen molar-refractivity contribution in [3.05, 3.63) is 122 Å². The Morgan fingerprint density at radius 3 is 0.762 bits per heavy atom. The van der Waals surface area contributed by atoms with E-state index >= 15 is 0 Å². The highest BCUT2D eigenvalue weighted by atomic mass is 16.6. The van der Waals surface area contributed by atoms with Crippen LogP contribution >= 0.6 is 0 Å². The summed E-state index contributed by atoms with van der Waals surface area (Å²) in [6.07, 6.45) is 93.6. The zero-order chi connectivity index (χ0) is 57.8. The summed E-state index contributed by atoms with van der Waals surface area (Å²) in [6, 6.07) is 0. The van der Waals surface area contributed by atoms with Crippen molar-refractivity contribution in [2.75, 3.05) is 13.2 Å². The molecule has 0 fully saturated rings.